The molecular formula is C52H60ClF3N8O6S3. The zero-order chi connectivity index (χ0) is 51.4. The van der Waals surface area contributed by atoms with E-state index in [0.29, 0.717) is 74.9 Å². The number of amides is 1. The fourth-order valence-electron chi connectivity index (χ4n) is 10.2. The number of aromatic nitrogens is 2. The third-order valence-corrected chi connectivity index (χ3v) is 18.3. The minimum absolute atomic E-state index is 0.0557. The number of rotatable bonds is 18. The van der Waals surface area contributed by atoms with Crippen LogP contribution in [0.15, 0.2) is 124 Å². The zero-order valence-electron chi connectivity index (χ0n) is 40.5. The fraction of sp³-hybridized carbons (Fsp3) is 0.423. The molecule has 0 saturated carbocycles. The monoisotopic (exact) mass is 1080 g/mol. The van der Waals surface area contributed by atoms with Gasteiger partial charge in [-0.05, 0) is 109 Å². The van der Waals surface area contributed by atoms with Gasteiger partial charge in [0.05, 0.1) is 35.2 Å². The molecule has 2 fully saturated rings. The minimum atomic E-state index is -6.08. The third kappa shape index (κ3) is 13.0. The Morgan fingerprint density at radius 2 is 1.63 bits per heavy atom. The number of allylic oxidation sites excluding steroid dienone is 1. The molecular weight excluding hydrogens is 1020 g/mol. The summed E-state index contributed by atoms with van der Waals surface area (Å²) in [7, 11) is -11.0. The van der Waals surface area contributed by atoms with E-state index in [1.165, 1.54) is 40.6 Å². The Labute approximate surface area is 434 Å². The molecule has 3 N–H and O–H groups in total. The molecule has 4 aliphatic rings. The second kappa shape index (κ2) is 22.6. The van der Waals surface area contributed by atoms with Crippen LogP contribution in [0.1, 0.15) is 59.8 Å². The molecule has 390 valence electrons. The Kier molecular flexibility index (Phi) is 16.4. The molecule has 0 radical (unpaired) electrons. The number of sulfone groups is 1. The van der Waals surface area contributed by atoms with Crippen molar-refractivity contribution in [2.75, 3.05) is 83.2 Å². The lowest BCUT2D eigenvalue weighted by Gasteiger charge is -2.42. The van der Waals surface area contributed by atoms with E-state index in [4.69, 9.17) is 21.4 Å². The van der Waals surface area contributed by atoms with Gasteiger partial charge in [0.15, 0.2) is 0 Å². The van der Waals surface area contributed by atoms with Crippen LogP contribution in [0.3, 0.4) is 0 Å². The van der Waals surface area contributed by atoms with Crippen LogP contribution < -0.4 is 15.4 Å². The normalized spacial score (nSPS) is 20.0. The molecule has 14 nitrogen and oxygen atoms in total. The lowest BCUT2D eigenvalue weighted by atomic mass is 9.71. The number of nitrogens with zero attached hydrogens (tertiary/aromatic N) is 5. The standard InChI is InChI=1S/C52H60ClF3N8O6S3/c1-51(36-62-23-20-57-21-24-62)19-17-46(37-7-11-41(53)12-8-37)39(30-51)31-63-32-40-33-64(59-48(40)34-63)43-13-9-38(10-14-43)50(65)60-73(68,69)45-15-16-47(49(29-45)72(66,67)52(54,55)56)58-42(18-22-61-25-27-70-28-26-61)35-71-44-5-3-2-4-6-44/h2-16,29,33,42,57-58H,17-28,30-32,34-36H2,1H3,(H,60,65)/t42-,51-/m1/s1. The highest BCUT2D eigenvalue weighted by atomic mass is 35.5. The topological polar surface area (TPSA) is 158 Å². The quantitative estimate of drug-likeness (QED) is 0.0724. The minimum Gasteiger partial charge on any atom is -0.380 e. The molecule has 3 aliphatic heterocycles. The number of ether oxygens (including phenoxy) is 1. The summed E-state index contributed by atoms with van der Waals surface area (Å²) in [6.07, 6.45) is 5.50. The molecule has 0 spiro atoms. The van der Waals surface area contributed by atoms with Gasteiger partial charge in [0.2, 0.25) is 0 Å². The van der Waals surface area contributed by atoms with Gasteiger partial charge >= 0.3 is 5.51 Å². The number of benzene rings is 4. The first kappa shape index (κ1) is 53.1. The van der Waals surface area contributed by atoms with Gasteiger partial charge in [0.1, 0.15) is 4.90 Å². The van der Waals surface area contributed by atoms with E-state index in [-0.39, 0.29) is 11.0 Å². The molecule has 21 heteroatoms. The van der Waals surface area contributed by atoms with Gasteiger partial charge < -0.3 is 20.3 Å². The van der Waals surface area contributed by atoms with E-state index in [2.05, 4.69) is 44.4 Å². The van der Waals surface area contributed by atoms with E-state index in [1.807, 2.05) is 53.4 Å². The Morgan fingerprint density at radius 1 is 0.904 bits per heavy atom. The van der Waals surface area contributed by atoms with E-state index in [9.17, 15) is 34.8 Å². The van der Waals surface area contributed by atoms with Gasteiger partial charge in [-0.25, -0.2) is 26.2 Å². The van der Waals surface area contributed by atoms with Crippen molar-refractivity contribution >= 4 is 60.4 Å². The zero-order valence-corrected chi connectivity index (χ0v) is 43.7. The van der Waals surface area contributed by atoms with Crippen LogP contribution in [0.2, 0.25) is 5.02 Å². The van der Waals surface area contributed by atoms with Gasteiger partial charge in [-0.3, -0.25) is 14.6 Å². The summed E-state index contributed by atoms with van der Waals surface area (Å²) in [5, 5.41) is 12.1. The number of hydrogen-bond donors (Lipinski definition) is 3. The molecule has 2 saturated heterocycles. The fourth-order valence-corrected chi connectivity index (χ4v) is 13.3. The maximum atomic E-state index is 14.3. The summed E-state index contributed by atoms with van der Waals surface area (Å²) in [5.41, 5.74) is 0.602. The van der Waals surface area contributed by atoms with Crippen molar-refractivity contribution in [2.45, 2.75) is 71.9 Å². The van der Waals surface area contributed by atoms with Crippen molar-refractivity contribution in [1.82, 2.24) is 34.5 Å². The van der Waals surface area contributed by atoms with E-state index in [0.717, 1.165) is 86.8 Å². The number of thioether (sulfide) groups is 1. The number of carbonyl (C=O) groups excluding carboxylic acids is 1. The number of sulfonamides is 1. The summed E-state index contributed by atoms with van der Waals surface area (Å²) in [6.45, 7) is 12.8. The first-order chi connectivity index (χ1) is 34.9. The lowest BCUT2D eigenvalue weighted by molar-refractivity contribution is -0.0435. The maximum absolute atomic E-state index is 14.3. The van der Waals surface area contributed by atoms with Crippen molar-refractivity contribution in [3.05, 3.63) is 136 Å². The van der Waals surface area contributed by atoms with Crippen LogP contribution in [0.25, 0.3) is 11.3 Å². The third-order valence-electron chi connectivity index (χ3n) is 14.0. The highest BCUT2D eigenvalue weighted by molar-refractivity contribution is 7.99. The lowest BCUT2D eigenvalue weighted by Crippen LogP contribution is -2.48. The van der Waals surface area contributed by atoms with Crippen LogP contribution in [0, 0.1) is 5.41 Å². The first-order valence-corrected chi connectivity index (χ1v) is 28.8. The average molecular weight is 1080 g/mol. The predicted molar refractivity (Wildman–Crippen MR) is 278 cm³/mol. The van der Waals surface area contributed by atoms with Crippen LogP contribution in [-0.2, 0) is 37.7 Å². The predicted octanol–water partition coefficient (Wildman–Crippen LogP) is 8.10. The second-order valence-electron chi connectivity index (χ2n) is 19.6. The van der Waals surface area contributed by atoms with Crippen LogP contribution >= 0.6 is 23.4 Å². The van der Waals surface area contributed by atoms with Gasteiger partial charge in [0, 0.05) is 111 Å². The highest BCUT2D eigenvalue weighted by Gasteiger charge is 2.48. The number of alkyl halides is 3. The Hall–Kier alpha value is -4.77. The number of halogens is 4. The molecule has 2 atom stereocenters. The average Bonchev–Trinajstić information content (AvgIpc) is 3.95. The summed E-state index contributed by atoms with van der Waals surface area (Å²) in [6, 6.07) is 25.5. The van der Waals surface area contributed by atoms with Gasteiger partial charge in [-0.15, -0.1) is 11.8 Å². The Bertz CT molecular complexity index is 2980. The van der Waals surface area contributed by atoms with Gasteiger partial charge in [-0.1, -0.05) is 54.4 Å². The van der Waals surface area contributed by atoms with Crippen molar-refractivity contribution < 1.29 is 39.5 Å². The number of hydrogen-bond acceptors (Lipinski definition) is 13. The summed E-state index contributed by atoms with van der Waals surface area (Å²) in [4.78, 5) is 19.4. The van der Waals surface area contributed by atoms with Crippen LogP contribution in [0.4, 0.5) is 18.9 Å². The number of morpholine rings is 1. The van der Waals surface area contributed by atoms with E-state index >= 15 is 0 Å². The van der Waals surface area contributed by atoms with E-state index in [1.54, 1.807) is 16.8 Å². The number of nitrogens with one attached hydrogen (secondary N) is 3. The van der Waals surface area contributed by atoms with Crippen molar-refractivity contribution in [1.29, 1.82) is 0 Å². The number of fused-ring (bicyclic) bond motifs is 1. The SMILES string of the molecule is C[C@@]1(CN2CCNCC2)CCC(c2ccc(Cl)cc2)=C(CN2Cc3cn(-c4ccc(C(=O)NS(=O)(=O)c5ccc(N[C@H](CCN6CCOCC6)CSc6ccccc6)c(S(=O)(=O)C(F)(F)F)c5)cc4)nc3C2)C1. The summed E-state index contributed by atoms with van der Waals surface area (Å²) >= 11 is 7.73. The molecule has 5 aromatic rings. The molecule has 4 heterocycles. The number of carbonyl (C=O) groups is 1. The molecule has 1 aliphatic carbocycles. The number of piperazine rings is 1. The number of anilines is 1. The van der Waals surface area contributed by atoms with Crippen molar-refractivity contribution in [3.8, 4) is 5.69 Å². The Morgan fingerprint density at radius 3 is 2.33 bits per heavy atom. The maximum Gasteiger partial charge on any atom is 0.501 e. The molecule has 73 heavy (non-hydrogen) atoms. The first-order valence-electron chi connectivity index (χ1n) is 24.5. The van der Waals surface area contributed by atoms with Crippen molar-refractivity contribution in [2.24, 2.45) is 5.41 Å². The Balaban J connectivity index is 0.868. The summed E-state index contributed by atoms with van der Waals surface area (Å²) < 4.78 is 105. The molecule has 9 rings (SSSR count). The van der Waals surface area contributed by atoms with E-state index < -0.39 is 52.8 Å². The summed E-state index contributed by atoms with van der Waals surface area (Å²) in [5.74, 6) is -0.702. The van der Waals surface area contributed by atoms with Crippen LogP contribution in [-0.4, -0.2) is 137 Å². The molecule has 0 unspecified atom stereocenters. The van der Waals surface area contributed by atoms with Crippen molar-refractivity contribution in [3.63, 3.8) is 0 Å². The molecule has 0 bridgehead atoms. The molecule has 1 aromatic heterocycles. The largest absolute Gasteiger partial charge is 0.501 e. The van der Waals surface area contributed by atoms with Gasteiger partial charge in [-0.2, -0.15) is 18.3 Å². The highest BCUT2D eigenvalue weighted by Crippen LogP contribution is 2.45. The molecule has 1 amide bonds. The van der Waals surface area contributed by atoms with Gasteiger partial charge in [0.25, 0.3) is 25.8 Å². The van der Waals surface area contributed by atoms with Crippen LogP contribution in [0.5, 0.6) is 0 Å². The molecule has 4 aromatic carbocycles. The smallest absolute Gasteiger partial charge is 0.380 e. The second-order valence-corrected chi connectivity index (χ2v) is 24.7.